The number of carbonyl (C=O) groups excluding carboxylic acids is 1. The van der Waals surface area contributed by atoms with Gasteiger partial charge in [0.1, 0.15) is 6.54 Å². The summed E-state index contributed by atoms with van der Waals surface area (Å²) in [5.74, 6) is -0.697. The SMILES string of the molecule is CCC(C)(N)C(=O)N(C)CC(F)(F)F. The minimum atomic E-state index is -4.38. The highest BCUT2D eigenvalue weighted by Crippen LogP contribution is 2.18. The molecule has 0 rings (SSSR count). The number of amides is 1. The van der Waals surface area contributed by atoms with Gasteiger partial charge in [-0.1, -0.05) is 6.92 Å². The van der Waals surface area contributed by atoms with Crippen molar-refractivity contribution in [1.29, 1.82) is 0 Å². The van der Waals surface area contributed by atoms with E-state index in [1.807, 2.05) is 0 Å². The third kappa shape index (κ3) is 3.95. The summed E-state index contributed by atoms with van der Waals surface area (Å²) in [6.45, 7) is 1.81. The fraction of sp³-hybridized carbons (Fsp3) is 0.875. The van der Waals surface area contributed by atoms with Gasteiger partial charge in [0.05, 0.1) is 5.54 Å². The van der Waals surface area contributed by atoms with Crippen molar-refractivity contribution in [3.05, 3.63) is 0 Å². The number of hydrogen-bond donors (Lipinski definition) is 1. The molecular weight excluding hydrogens is 197 g/mol. The minimum absolute atomic E-state index is 0.300. The number of halogens is 3. The van der Waals surface area contributed by atoms with E-state index in [0.29, 0.717) is 11.3 Å². The summed E-state index contributed by atoms with van der Waals surface area (Å²) in [6.07, 6.45) is -4.08. The van der Waals surface area contributed by atoms with E-state index < -0.39 is 24.2 Å². The number of hydrogen-bond acceptors (Lipinski definition) is 2. The fourth-order valence-electron chi connectivity index (χ4n) is 0.928. The third-order valence-corrected chi connectivity index (χ3v) is 1.99. The maximum Gasteiger partial charge on any atom is 0.406 e. The first-order valence-electron chi connectivity index (χ1n) is 4.21. The van der Waals surface area contributed by atoms with Crippen LogP contribution in [0, 0.1) is 0 Å². The molecule has 0 saturated carbocycles. The van der Waals surface area contributed by atoms with E-state index in [4.69, 9.17) is 5.73 Å². The first-order chi connectivity index (χ1) is 6.10. The highest BCUT2D eigenvalue weighted by atomic mass is 19.4. The van der Waals surface area contributed by atoms with Gasteiger partial charge in [-0.2, -0.15) is 13.2 Å². The van der Waals surface area contributed by atoms with Crippen molar-refractivity contribution in [2.24, 2.45) is 5.73 Å². The molecule has 0 aromatic rings. The second-order valence-corrected chi connectivity index (χ2v) is 3.55. The van der Waals surface area contributed by atoms with E-state index >= 15 is 0 Å². The average Bonchev–Trinajstić information content (AvgIpc) is 2.00. The van der Waals surface area contributed by atoms with Crippen LogP contribution in [-0.2, 0) is 4.79 Å². The van der Waals surface area contributed by atoms with Gasteiger partial charge < -0.3 is 10.6 Å². The molecular formula is C8H15F3N2O. The molecule has 1 amide bonds. The summed E-state index contributed by atoms with van der Waals surface area (Å²) in [5, 5.41) is 0. The Labute approximate surface area is 81.1 Å². The van der Waals surface area contributed by atoms with Crippen molar-refractivity contribution in [3.8, 4) is 0 Å². The van der Waals surface area contributed by atoms with Crippen LogP contribution in [0.1, 0.15) is 20.3 Å². The minimum Gasteiger partial charge on any atom is -0.335 e. The first kappa shape index (κ1) is 13.2. The maximum absolute atomic E-state index is 11.9. The Morgan fingerprint density at radius 3 is 2.14 bits per heavy atom. The van der Waals surface area contributed by atoms with Crippen LogP contribution in [0.4, 0.5) is 13.2 Å². The lowest BCUT2D eigenvalue weighted by Gasteiger charge is -2.28. The summed E-state index contributed by atoms with van der Waals surface area (Å²) in [7, 11) is 1.09. The van der Waals surface area contributed by atoms with Gasteiger partial charge in [0.15, 0.2) is 0 Å². The van der Waals surface area contributed by atoms with Gasteiger partial charge in [0.25, 0.3) is 0 Å². The highest BCUT2D eigenvalue weighted by Gasteiger charge is 2.36. The number of nitrogens with zero attached hydrogens (tertiary/aromatic N) is 1. The van der Waals surface area contributed by atoms with Crippen LogP contribution in [0.3, 0.4) is 0 Å². The van der Waals surface area contributed by atoms with Crippen molar-refractivity contribution in [3.63, 3.8) is 0 Å². The molecule has 0 aromatic carbocycles. The van der Waals surface area contributed by atoms with Crippen molar-refractivity contribution in [1.82, 2.24) is 4.90 Å². The molecule has 0 saturated heterocycles. The molecule has 3 nitrogen and oxygen atoms in total. The Morgan fingerprint density at radius 2 is 1.86 bits per heavy atom. The smallest absolute Gasteiger partial charge is 0.335 e. The van der Waals surface area contributed by atoms with Gasteiger partial charge in [0.2, 0.25) is 5.91 Å². The van der Waals surface area contributed by atoms with E-state index in [-0.39, 0.29) is 0 Å². The van der Waals surface area contributed by atoms with Gasteiger partial charge in [-0.25, -0.2) is 0 Å². The van der Waals surface area contributed by atoms with Gasteiger partial charge in [-0.15, -0.1) is 0 Å². The maximum atomic E-state index is 11.9. The highest BCUT2D eigenvalue weighted by molar-refractivity contribution is 5.85. The molecule has 0 aliphatic carbocycles. The van der Waals surface area contributed by atoms with Crippen molar-refractivity contribution in [2.45, 2.75) is 32.0 Å². The van der Waals surface area contributed by atoms with E-state index in [9.17, 15) is 18.0 Å². The molecule has 0 heterocycles. The lowest BCUT2D eigenvalue weighted by Crippen LogP contribution is -2.53. The van der Waals surface area contributed by atoms with Crippen LogP contribution in [0.15, 0.2) is 0 Å². The van der Waals surface area contributed by atoms with Gasteiger partial charge in [-0.05, 0) is 13.3 Å². The zero-order chi connectivity index (χ0) is 11.6. The van der Waals surface area contributed by atoms with Gasteiger partial charge in [0, 0.05) is 7.05 Å². The van der Waals surface area contributed by atoms with Crippen LogP contribution in [0.2, 0.25) is 0 Å². The van der Waals surface area contributed by atoms with Crippen LogP contribution in [0.25, 0.3) is 0 Å². The Balaban J connectivity index is 4.41. The second-order valence-electron chi connectivity index (χ2n) is 3.55. The van der Waals surface area contributed by atoms with Crippen LogP contribution in [0.5, 0.6) is 0 Å². The van der Waals surface area contributed by atoms with E-state index in [1.165, 1.54) is 6.92 Å². The molecule has 2 N–H and O–H groups in total. The summed E-state index contributed by atoms with van der Waals surface area (Å²) >= 11 is 0. The van der Waals surface area contributed by atoms with Crippen molar-refractivity contribution >= 4 is 5.91 Å². The summed E-state index contributed by atoms with van der Waals surface area (Å²) in [5.41, 5.74) is 4.30. The second kappa shape index (κ2) is 4.16. The van der Waals surface area contributed by atoms with Crippen LogP contribution < -0.4 is 5.73 Å². The predicted octanol–water partition coefficient (Wildman–Crippen LogP) is 1.13. The molecule has 0 bridgehead atoms. The van der Waals surface area contributed by atoms with Crippen LogP contribution in [-0.4, -0.2) is 36.1 Å². The Hall–Kier alpha value is -0.780. The summed E-state index contributed by atoms with van der Waals surface area (Å²) < 4.78 is 35.8. The van der Waals surface area contributed by atoms with Crippen molar-refractivity contribution < 1.29 is 18.0 Å². The topological polar surface area (TPSA) is 46.3 Å². The number of rotatable bonds is 3. The van der Waals surface area contributed by atoms with E-state index in [0.717, 1.165) is 7.05 Å². The molecule has 1 atom stereocenters. The summed E-state index contributed by atoms with van der Waals surface area (Å²) in [4.78, 5) is 12.0. The number of nitrogens with two attached hydrogens (primary N) is 1. The van der Waals surface area contributed by atoms with E-state index in [1.54, 1.807) is 6.92 Å². The third-order valence-electron chi connectivity index (χ3n) is 1.99. The zero-order valence-electron chi connectivity index (χ0n) is 8.48. The molecule has 0 fully saturated rings. The molecule has 0 spiro atoms. The standard InChI is InChI=1S/C8H15F3N2O/c1-4-7(2,12)6(14)13(3)5-8(9,10)11/h4-5,12H2,1-3H3. The molecule has 0 radical (unpaired) electrons. The predicted molar refractivity (Wildman–Crippen MR) is 46.6 cm³/mol. The normalized spacial score (nSPS) is 16.2. The number of likely N-dealkylation sites (N-methyl/N-ethyl adjacent to an activating group) is 1. The lowest BCUT2D eigenvalue weighted by atomic mass is 9.99. The van der Waals surface area contributed by atoms with Crippen molar-refractivity contribution in [2.75, 3.05) is 13.6 Å². The molecule has 84 valence electrons. The molecule has 14 heavy (non-hydrogen) atoms. The Bertz CT molecular complexity index is 213. The molecule has 0 aliphatic rings. The zero-order valence-corrected chi connectivity index (χ0v) is 8.48. The van der Waals surface area contributed by atoms with Gasteiger partial charge >= 0.3 is 6.18 Å². The largest absolute Gasteiger partial charge is 0.406 e. The Morgan fingerprint density at radius 1 is 1.43 bits per heavy atom. The fourth-order valence-corrected chi connectivity index (χ4v) is 0.928. The lowest BCUT2D eigenvalue weighted by molar-refractivity contribution is -0.161. The van der Waals surface area contributed by atoms with Gasteiger partial charge in [-0.3, -0.25) is 4.79 Å². The molecule has 0 aliphatic heterocycles. The molecule has 1 unspecified atom stereocenters. The first-order valence-corrected chi connectivity index (χ1v) is 4.21. The van der Waals surface area contributed by atoms with E-state index in [2.05, 4.69) is 0 Å². The molecule has 0 aromatic heterocycles. The quantitative estimate of drug-likeness (QED) is 0.762. The van der Waals surface area contributed by atoms with Crippen LogP contribution >= 0.6 is 0 Å². The number of carbonyl (C=O) groups is 1. The molecule has 6 heteroatoms. The number of alkyl halides is 3. The monoisotopic (exact) mass is 212 g/mol. The summed E-state index contributed by atoms with van der Waals surface area (Å²) in [6, 6.07) is 0. The Kier molecular flexibility index (Phi) is 3.93. The average molecular weight is 212 g/mol.